The molecule has 0 aliphatic carbocycles. The highest BCUT2D eigenvalue weighted by Gasteiger charge is 2.22. The van der Waals surface area contributed by atoms with Crippen molar-refractivity contribution in [3.8, 4) is 23.0 Å². The number of hydrogen-bond donors (Lipinski definition) is 1. The second kappa shape index (κ2) is 9.37. The van der Waals surface area contributed by atoms with Crippen molar-refractivity contribution in [2.24, 2.45) is 0 Å². The van der Waals surface area contributed by atoms with Gasteiger partial charge in [0, 0.05) is 12.6 Å². The van der Waals surface area contributed by atoms with Crippen molar-refractivity contribution in [1.82, 2.24) is 0 Å². The van der Waals surface area contributed by atoms with Gasteiger partial charge in [-0.05, 0) is 36.2 Å². The third kappa shape index (κ3) is 4.70. The minimum Gasteiger partial charge on any atom is -0.497 e. The van der Waals surface area contributed by atoms with E-state index in [1.807, 2.05) is 42.5 Å². The first kappa shape index (κ1) is 19.9. The standard InChI is InChI=1S/C22H27NO5/c1-4-5-16-6-8-21(22(12-16)26-3)28-15-17(24)14-23-10-11-27-20-9-7-18(25-2)13-19(20)23/h4,6-9,12-13,17,24H,1,5,10-11,14-15H2,2-3H3/t17-/m1/s1. The predicted octanol–water partition coefficient (Wildman–Crippen LogP) is 3.07. The van der Waals surface area contributed by atoms with E-state index in [9.17, 15) is 5.11 Å². The Morgan fingerprint density at radius 1 is 1.18 bits per heavy atom. The topological polar surface area (TPSA) is 60.4 Å². The van der Waals surface area contributed by atoms with Gasteiger partial charge < -0.3 is 29.0 Å². The maximum Gasteiger partial charge on any atom is 0.161 e. The molecule has 0 radical (unpaired) electrons. The Kier molecular flexibility index (Phi) is 6.66. The molecule has 0 fully saturated rings. The second-order valence-corrected chi connectivity index (χ2v) is 6.57. The molecule has 1 atom stereocenters. The van der Waals surface area contributed by atoms with Gasteiger partial charge in [-0.15, -0.1) is 6.58 Å². The van der Waals surface area contributed by atoms with Crippen LogP contribution in [0.25, 0.3) is 0 Å². The first-order valence-electron chi connectivity index (χ1n) is 9.29. The first-order chi connectivity index (χ1) is 13.6. The van der Waals surface area contributed by atoms with Crippen LogP contribution in [0.5, 0.6) is 23.0 Å². The molecular formula is C22H27NO5. The van der Waals surface area contributed by atoms with Gasteiger partial charge in [-0.3, -0.25) is 0 Å². The summed E-state index contributed by atoms with van der Waals surface area (Å²) in [5, 5.41) is 10.5. The molecule has 1 aliphatic rings. The number of aliphatic hydroxyl groups is 1. The quantitative estimate of drug-likeness (QED) is 0.670. The van der Waals surface area contributed by atoms with Crippen LogP contribution >= 0.6 is 0 Å². The highest BCUT2D eigenvalue weighted by atomic mass is 16.5. The molecule has 0 bridgehead atoms. The molecule has 28 heavy (non-hydrogen) atoms. The molecule has 1 N–H and O–H groups in total. The van der Waals surface area contributed by atoms with E-state index in [0.717, 1.165) is 29.2 Å². The summed E-state index contributed by atoms with van der Waals surface area (Å²) in [6, 6.07) is 11.4. The minimum absolute atomic E-state index is 0.161. The molecule has 150 valence electrons. The van der Waals surface area contributed by atoms with Crippen molar-refractivity contribution in [3.63, 3.8) is 0 Å². The van der Waals surface area contributed by atoms with Crippen molar-refractivity contribution in [1.29, 1.82) is 0 Å². The highest BCUT2D eigenvalue weighted by molar-refractivity contribution is 5.63. The number of anilines is 1. The molecule has 3 rings (SSSR count). The van der Waals surface area contributed by atoms with E-state index in [1.54, 1.807) is 14.2 Å². The third-order valence-corrected chi connectivity index (χ3v) is 4.60. The molecule has 2 aromatic rings. The van der Waals surface area contributed by atoms with E-state index in [2.05, 4.69) is 11.5 Å². The molecule has 0 spiro atoms. The van der Waals surface area contributed by atoms with Gasteiger partial charge in [0.05, 0.1) is 26.5 Å². The number of nitrogens with zero attached hydrogens (tertiary/aromatic N) is 1. The number of fused-ring (bicyclic) bond motifs is 1. The van der Waals surface area contributed by atoms with Gasteiger partial charge in [-0.2, -0.15) is 0 Å². The molecule has 0 saturated heterocycles. The van der Waals surface area contributed by atoms with E-state index in [-0.39, 0.29) is 6.61 Å². The minimum atomic E-state index is -0.672. The van der Waals surface area contributed by atoms with E-state index in [0.29, 0.717) is 31.2 Å². The molecule has 2 aromatic carbocycles. The van der Waals surface area contributed by atoms with Crippen LogP contribution in [0.3, 0.4) is 0 Å². The molecular weight excluding hydrogens is 358 g/mol. The summed E-state index contributed by atoms with van der Waals surface area (Å²) in [7, 11) is 3.24. The Labute approximate surface area is 165 Å². The molecule has 0 amide bonds. The summed E-state index contributed by atoms with van der Waals surface area (Å²) in [6.45, 7) is 5.61. The summed E-state index contributed by atoms with van der Waals surface area (Å²) in [4.78, 5) is 2.08. The maximum atomic E-state index is 10.5. The lowest BCUT2D eigenvalue weighted by Gasteiger charge is -2.33. The summed E-state index contributed by atoms with van der Waals surface area (Å²) < 4.78 is 22.2. The average molecular weight is 385 g/mol. The number of benzene rings is 2. The van der Waals surface area contributed by atoms with Crippen LogP contribution in [-0.4, -0.2) is 51.7 Å². The highest BCUT2D eigenvalue weighted by Crippen LogP contribution is 2.35. The van der Waals surface area contributed by atoms with Crippen molar-refractivity contribution >= 4 is 5.69 Å². The summed E-state index contributed by atoms with van der Waals surface area (Å²) >= 11 is 0. The normalized spacial score (nSPS) is 13.9. The maximum absolute atomic E-state index is 10.5. The fourth-order valence-corrected chi connectivity index (χ4v) is 3.19. The smallest absolute Gasteiger partial charge is 0.161 e. The Morgan fingerprint density at radius 3 is 2.79 bits per heavy atom. The van der Waals surface area contributed by atoms with Crippen LogP contribution < -0.4 is 23.8 Å². The largest absolute Gasteiger partial charge is 0.497 e. The zero-order valence-electron chi connectivity index (χ0n) is 16.4. The number of ether oxygens (including phenoxy) is 4. The molecule has 1 aliphatic heterocycles. The summed E-state index contributed by atoms with van der Waals surface area (Å²) in [5.41, 5.74) is 2.01. The number of hydrogen-bond acceptors (Lipinski definition) is 6. The second-order valence-electron chi connectivity index (χ2n) is 6.57. The van der Waals surface area contributed by atoms with E-state index >= 15 is 0 Å². The summed E-state index contributed by atoms with van der Waals surface area (Å²) in [6.07, 6.45) is 1.93. The zero-order chi connectivity index (χ0) is 19.9. The van der Waals surface area contributed by atoms with Crippen molar-refractivity contribution < 1.29 is 24.1 Å². The van der Waals surface area contributed by atoms with Crippen LogP contribution in [0.4, 0.5) is 5.69 Å². The molecule has 0 saturated carbocycles. The molecule has 0 aromatic heterocycles. The van der Waals surface area contributed by atoms with Gasteiger partial charge in [-0.25, -0.2) is 0 Å². The molecule has 0 unspecified atom stereocenters. The fraction of sp³-hybridized carbons (Fsp3) is 0.364. The number of β-amino-alcohol motifs (C(OH)–C–C–N with tert-alkyl or cyclic N) is 1. The Bertz CT molecular complexity index is 808. The van der Waals surface area contributed by atoms with Gasteiger partial charge >= 0.3 is 0 Å². The third-order valence-electron chi connectivity index (χ3n) is 4.60. The number of rotatable bonds is 9. The van der Waals surface area contributed by atoms with Gasteiger partial charge in [-0.1, -0.05) is 12.1 Å². The lowest BCUT2D eigenvalue weighted by Crippen LogP contribution is -2.40. The molecule has 1 heterocycles. The first-order valence-corrected chi connectivity index (χ1v) is 9.29. The Hall–Kier alpha value is -2.86. The Morgan fingerprint density at radius 2 is 2.04 bits per heavy atom. The van der Waals surface area contributed by atoms with E-state index < -0.39 is 6.10 Å². The lowest BCUT2D eigenvalue weighted by molar-refractivity contribution is 0.108. The summed E-state index contributed by atoms with van der Waals surface area (Å²) in [5.74, 6) is 2.80. The average Bonchev–Trinajstić information content (AvgIpc) is 2.72. The van der Waals surface area contributed by atoms with Crippen LogP contribution in [0.2, 0.25) is 0 Å². The van der Waals surface area contributed by atoms with E-state index in [4.69, 9.17) is 18.9 Å². The van der Waals surface area contributed by atoms with Crippen molar-refractivity contribution in [2.45, 2.75) is 12.5 Å². The van der Waals surface area contributed by atoms with Crippen LogP contribution in [0.1, 0.15) is 5.56 Å². The zero-order valence-corrected chi connectivity index (χ0v) is 16.4. The van der Waals surface area contributed by atoms with Gasteiger partial charge in [0.2, 0.25) is 0 Å². The fourth-order valence-electron chi connectivity index (χ4n) is 3.19. The van der Waals surface area contributed by atoms with Crippen LogP contribution in [-0.2, 0) is 6.42 Å². The number of methoxy groups -OCH3 is 2. The SMILES string of the molecule is C=CCc1ccc(OC[C@H](O)CN2CCOc3ccc(OC)cc32)c(OC)c1. The van der Waals surface area contributed by atoms with Gasteiger partial charge in [0.25, 0.3) is 0 Å². The number of aliphatic hydroxyl groups excluding tert-OH is 1. The monoisotopic (exact) mass is 385 g/mol. The molecule has 6 nitrogen and oxygen atoms in total. The van der Waals surface area contributed by atoms with Crippen LogP contribution in [0, 0.1) is 0 Å². The van der Waals surface area contributed by atoms with Gasteiger partial charge in [0.15, 0.2) is 11.5 Å². The predicted molar refractivity (Wildman–Crippen MR) is 109 cm³/mol. The lowest BCUT2D eigenvalue weighted by atomic mass is 10.1. The van der Waals surface area contributed by atoms with E-state index in [1.165, 1.54) is 0 Å². The Balaban J connectivity index is 1.63. The van der Waals surface area contributed by atoms with Crippen molar-refractivity contribution in [2.75, 3.05) is 45.4 Å². The molecule has 6 heteroatoms. The number of allylic oxidation sites excluding steroid dienone is 1. The van der Waals surface area contributed by atoms with Crippen molar-refractivity contribution in [3.05, 3.63) is 54.6 Å². The van der Waals surface area contributed by atoms with Gasteiger partial charge in [0.1, 0.15) is 30.8 Å². The van der Waals surface area contributed by atoms with Crippen LogP contribution in [0.15, 0.2) is 49.1 Å².